The number of benzene rings is 1. The number of aliphatic hydroxyl groups excluding tert-OH is 1. The number of hydrogen-bond acceptors (Lipinski definition) is 1. The Balaban J connectivity index is 2.41. The third-order valence-corrected chi connectivity index (χ3v) is 2.36. The molecule has 78 valence electrons. The first-order valence-electron chi connectivity index (χ1n) is 4.95. The lowest BCUT2D eigenvalue weighted by molar-refractivity contribution is -0.706. The molecule has 0 saturated carbocycles. The van der Waals surface area contributed by atoms with Crippen molar-refractivity contribution < 1.29 is 14.8 Å². The number of quaternary nitrogens is 1. The van der Waals surface area contributed by atoms with E-state index in [1.165, 1.54) is 12.1 Å². The highest BCUT2D eigenvalue weighted by molar-refractivity contribution is 5.14. The largest absolute Gasteiger partial charge is 0.390 e. The van der Waals surface area contributed by atoms with Crippen LogP contribution in [0.15, 0.2) is 24.3 Å². The summed E-state index contributed by atoms with van der Waals surface area (Å²) >= 11 is 0. The highest BCUT2D eigenvalue weighted by atomic mass is 19.1. The van der Waals surface area contributed by atoms with Gasteiger partial charge in [-0.15, -0.1) is 0 Å². The van der Waals surface area contributed by atoms with Crippen molar-refractivity contribution >= 4 is 0 Å². The third kappa shape index (κ3) is 3.44. The molecule has 0 radical (unpaired) electrons. The first kappa shape index (κ1) is 11.1. The molecule has 0 spiro atoms. The van der Waals surface area contributed by atoms with Gasteiger partial charge in [-0.05, 0) is 18.6 Å². The molecular formula is C11H17FNO+. The van der Waals surface area contributed by atoms with Crippen LogP contribution in [0, 0.1) is 5.82 Å². The van der Waals surface area contributed by atoms with E-state index in [2.05, 4.69) is 5.32 Å². The van der Waals surface area contributed by atoms with Crippen molar-refractivity contribution in [2.75, 3.05) is 6.61 Å². The Morgan fingerprint density at radius 3 is 2.50 bits per heavy atom. The summed E-state index contributed by atoms with van der Waals surface area (Å²) in [6.07, 6.45) is 0.942. The molecule has 0 fully saturated rings. The van der Waals surface area contributed by atoms with Crippen LogP contribution in [-0.4, -0.2) is 17.8 Å². The monoisotopic (exact) mass is 198 g/mol. The van der Waals surface area contributed by atoms with E-state index in [1.54, 1.807) is 12.1 Å². The van der Waals surface area contributed by atoms with Crippen LogP contribution in [0.5, 0.6) is 0 Å². The van der Waals surface area contributed by atoms with Crippen molar-refractivity contribution in [1.29, 1.82) is 0 Å². The molecule has 0 aliphatic carbocycles. The van der Waals surface area contributed by atoms with Gasteiger partial charge in [0.2, 0.25) is 0 Å². The molecule has 1 rings (SSSR count). The molecule has 0 aliphatic heterocycles. The number of rotatable bonds is 5. The smallest absolute Gasteiger partial charge is 0.123 e. The lowest BCUT2D eigenvalue weighted by atomic mass is 10.2. The Morgan fingerprint density at radius 1 is 1.36 bits per heavy atom. The molecule has 0 aromatic heterocycles. The molecule has 0 unspecified atom stereocenters. The van der Waals surface area contributed by atoms with Gasteiger partial charge in [0, 0.05) is 5.56 Å². The van der Waals surface area contributed by atoms with Gasteiger partial charge >= 0.3 is 0 Å². The Hall–Kier alpha value is -0.930. The maximum Gasteiger partial charge on any atom is 0.123 e. The summed E-state index contributed by atoms with van der Waals surface area (Å²) in [5.41, 5.74) is 1.08. The number of nitrogens with two attached hydrogens (primary N) is 1. The second-order valence-corrected chi connectivity index (χ2v) is 3.42. The van der Waals surface area contributed by atoms with Crippen LogP contribution >= 0.6 is 0 Å². The lowest BCUT2D eigenvalue weighted by Crippen LogP contribution is -2.89. The van der Waals surface area contributed by atoms with Gasteiger partial charge in [-0.25, -0.2) is 4.39 Å². The topological polar surface area (TPSA) is 36.8 Å². The molecule has 0 heterocycles. The summed E-state index contributed by atoms with van der Waals surface area (Å²) in [6, 6.07) is 6.72. The number of hydrogen-bond donors (Lipinski definition) is 2. The van der Waals surface area contributed by atoms with Gasteiger partial charge in [-0.2, -0.15) is 0 Å². The minimum absolute atomic E-state index is 0.192. The maximum atomic E-state index is 12.6. The van der Waals surface area contributed by atoms with Gasteiger partial charge < -0.3 is 10.4 Å². The fourth-order valence-electron chi connectivity index (χ4n) is 1.29. The first-order chi connectivity index (χ1) is 6.76. The summed E-state index contributed by atoms with van der Waals surface area (Å²) in [5, 5.41) is 11.0. The van der Waals surface area contributed by atoms with Crippen molar-refractivity contribution in [3.63, 3.8) is 0 Å². The second kappa shape index (κ2) is 5.73. The minimum Gasteiger partial charge on any atom is -0.390 e. The van der Waals surface area contributed by atoms with E-state index in [4.69, 9.17) is 5.11 Å². The molecule has 3 heteroatoms. The van der Waals surface area contributed by atoms with Gasteiger partial charge in [0.15, 0.2) is 0 Å². The lowest BCUT2D eigenvalue weighted by Gasteiger charge is -2.10. The van der Waals surface area contributed by atoms with E-state index in [0.29, 0.717) is 0 Å². The van der Waals surface area contributed by atoms with Gasteiger partial charge in [0.1, 0.15) is 18.4 Å². The van der Waals surface area contributed by atoms with Gasteiger partial charge in [0.25, 0.3) is 0 Å². The zero-order valence-corrected chi connectivity index (χ0v) is 8.41. The molecule has 0 aliphatic rings. The molecule has 2 nitrogen and oxygen atoms in total. The Labute approximate surface area is 83.8 Å². The van der Waals surface area contributed by atoms with E-state index >= 15 is 0 Å². The standard InChI is InChI=1S/C11H16FNO/c1-2-11(8-14)13-7-9-3-5-10(12)6-4-9/h3-6,11,13-14H,2,7-8H2,1H3/p+1/t11-/m0/s1. The van der Waals surface area contributed by atoms with Crippen LogP contribution in [0.3, 0.4) is 0 Å². The molecule has 0 saturated heterocycles. The van der Waals surface area contributed by atoms with Gasteiger partial charge in [-0.1, -0.05) is 19.1 Å². The fourth-order valence-corrected chi connectivity index (χ4v) is 1.29. The normalized spacial score (nSPS) is 12.8. The highest BCUT2D eigenvalue weighted by Crippen LogP contribution is 2.00. The first-order valence-corrected chi connectivity index (χ1v) is 4.95. The zero-order valence-electron chi connectivity index (χ0n) is 8.41. The number of aliphatic hydroxyl groups is 1. The number of halogens is 1. The average Bonchev–Trinajstić information content (AvgIpc) is 2.22. The summed E-state index contributed by atoms with van der Waals surface area (Å²) in [4.78, 5) is 0. The van der Waals surface area contributed by atoms with E-state index in [-0.39, 0.29) is 18.5 Å². The van der Waals surface area contributed by atoms with E-state index < -0.39 is 0 Å². The average molecular weight is 198 g/mol. The van der Waals surface area contributed by atoms with Crippen LogP contribution in [-0.2, 0) is 6.54 Å². The van der Waals surface area contributed by atoms with E-state index in [1.807, 2.05) is 6.92 Å². The third-order valence-electron chi connectivity index (χ3n) is 2.36. The van der Waals surface area contributed by atoms with Crippen LogP contribution < -0.4 is 5.32 Å². The summed E-state index contributed by atoms with van der Waals surface area (Å²) in [7, 11) is 0. The van der Waals surface area contributed by atoms with Crippen LogP contribution in [0.4, 0.5) is 4.39 Å². The maximum absolute atomic E-state index is 12.6. The fraction of sp³-hybridized carbons (Fsp3) is 0.455. The van der Waals surface area contributed by atoms with Crippen molar-refractivity contribution in [2.45, 2.75) is 25.9 Å². The Bertz CT molecular complexity index is 256. The Kier molecular flexibility index (Phi) is 4.56. The molecule has 1 aromatic rings. The quantitative estimate of drug-likeness (QED) is 0.716. The van der Waals surface area contributed by atoms with Crippen molar-refractivity contribution in [3.8, 4) is 0 Å². The van der Waals surface area contributed by atoms with E-state index in [9.17, 15) is 4.39 Å². The highest BCUT2D eigenvalue weighted by Gasteiger charge is 2.06. The predicted octanol–water partition coefficient (Wildman–Crippen LogP) is 0.660. The van der Waals surface area contributed by atoms with Gasteiger partial charge in [-0.3, -0.25) is 0 Å². The molecule has 0 bridgehead atoms. The molecule has 3 N–H and O–H groups in total. The summed E-state index contributed by atoms with van der Waals surface area (Å²) < 4.78 is 12.6. The van der Waals surface area contributed by atoms with Crippen molar-refractivity contribution in [1.82, 2.24) is 0 Å². The molecule has 14 heavy (non-hydrogen) atoms. The van der Waals surface area contributed by atoms with Crippen LogP contribution in [0.25, 0.3) is 0 Å². The summed E-state index contributed by atoms with van der Waals surface area (Å²) in [6.45, 7) is 3.03. The van der Waals surface area contributed by atoms with E-state index in [0.717, 1.165) is 18.5 Å². The van der Waals surface area contributed by atoms with Gasteiger partial charge in [0.05, 0.1) is 6.61 Å². The molecular weight excluding hydrogens is 181 g/mol. The predicted molar refractivity (Wildman–Crippen MR) is 53.2 cm³/mol. The summed E-state index contributed by atoms with van der Waals surface area (Å²) in [5.74, 6) is -0.206. The molecule has 1 atom stereocenters. The Morgan fingerprint density at radius 2 is 2.00 bits per heavy atom. The van der Waals surface area contributed by atoms with Crippen LogP contribution in [0.2, 0.25) is 0 Å². The molecule has 0 amide bonds. The van der Waals surface area contributed by atoms with Crippen molar-refractivity contribution in [3.05, 3.63) is 35.6 Å². The zero-order chi connectivity index (χ0) is 10.4. The van der Waals surface area contributed by atoms with Crippen molar-refractivity contribution in [2.24, 2.45) is 0 Å². The van der Waals surface area contributed by atoms with Crippen LogP contribution in [0.1, 0.15) is 18.9 Å². The molecule has 1 aromatic carbocycles. The second-order valence-electron chi connectivity index (χ2n) is 3.42. The SMILES string of the molecule is CC[C@@H](CO)[NH2+]Cc1ccc(F)cc1. The minimum atomic E-state index is -0.206.